The van der Waals surface area contributed by atoms with Crippen molar-refractivity contribution in [1.82, 2.24) is 0 Å². The molecule has 0 aliphatic rings. The van der Waals surface area contributed by atoms with Gasteiger partial charge in [-0.1, -0.05) is 170 Å². The van der Waals surface area contributed by atoms with E-state index in [1.807, 2.05) is 0 Å². The average Bonchev–Trinajstić information content (AvgIpc) is 3.86. The van der Waals surface area contributed by atoms with Crippen LogP contribution < -0.4 is 0 Å². The Morgan fingerprint density at radius 3 is 1.12 bits per heavy atom. The summed E-state index contributed by atoms with van der Waals surface area (Å²) in [7, 11) is 0. The molecular formula is C52H46Cl2SiZr-4. The molecule has 0 atom stereocenters. The Bertz CT molecular complexity index is 2620. The predicted octanol–water partition coefficient (Wildman–Crippen LogP) is 15.5. The van der Waals surface area contributed by atoms with Crippen LogP contribution in [0.5, 0.6) is 0 Å². The zero-order valence-corrected chi connectivity index (χ0v) is 37.5. The molecule has 56 heavy (non-hydrogen) atoms. The van der Waals surface area contributed by atoms with Gasteiger partial charge < -0.3 is 14.9 Å². The third-order valence-electron chi connectivity index (χ3n) is 10.5. The molecule has 10 rings (SSSR count). The van der Waals surface area contributed by atoms with Gasteiger partial charge in [0.2, 0.25) is 0 Å². The van der Waals surface area contributed by atoms with Gasteiger partial charge in [-0.15, -0.1) is 93.9 Å². The molecule has 280 valence electrons. The second kappa shape index (κ2) is 19.7. The quantitative estimate of drug-likeness (QED) is 0.0940. The number of rotatable bonds is 4. The molecule has 0 heterocycles. The number of hydrogen-bond donors (Lipinski definition) is 0. The Kier molecular flexibility index (Phi) is 15.6. The van der Waals surface area contributed by atoms with Crippen molar-refractivity contribution in [3.63, 3.8) is 0 Å². The van der Waals surface area contributed by atoms with E-state index in [0.29, 0.717) is 0 Å². The third-order valence-corrected chi connectivity index (χ3v) is 10.5. The second-order valence-corrected chi connectivity index (χ2v) is 13.5. The summed E-state index contributed by atoms with van der Waals surface area (Å²) in [6.07, 6.45) is 2.10. The summed E-state index contributed by atoms with van der Waals surface area (Å²) < 4.78 is 0. The first kappa shape index (κ1) is 44.4. The van der Waals surface area contributed by atoms with E-state index in [4.69, 9.17) is 0 Å². The van der Waals surface area contributed by atoms with E-state index in [1.54, 1.807) is 0 Å². The number of aryl methyl sites for hydroxylation is 2. The molecule has 0 nitrogen and oxygen atoms in total. The molecule has 2 radical (unpaired) electrons. The van der Waals surface area contributed by atoms with Crippen LogP contribution >= 0.6 is 24.8 Å². The van der Waals surface area contributed by atoms with Gasteiger partial charge in [0, 0.05) is 0 Å². The van der Waals surface area contributed by atoms with Crippen molar-refractivity contribution in [2.75, 3.05) is 0 Å². The van der Waals surface area contributed by atoms with Gasteiger partial charge in [-0.25, -0.2) is 0 Å². The monoisotopic (exact) mass is 858 g/mol. The van der Waals surface area contributed by atoms with Crippen molar-refractivity contribution >= 4 is 96.3 Å². The van der Waals surface area contributed by atoms with Crippen molar-refractivity contribution in [3.8, 4) is 22.3 Å². The zero-order valence-electron chi connectivity index (χ0n) is 32.4. The third kappa shape index (κ3) is 8.51. The molecule has 0 fully saturated rings. The molecule has 0 amide bonds. The van der Waals surface area contributed by atoms with Crippen LogP contribution in [0.25, 0.3) is 86.9 Å². The van der Waals surface area contributed by atoms with E-state index in [-0.39, 0.29) is 39.7 Å². The Morgan fingerprint density at radius 1 is 0.411 bits per heavy atom. The molecule has 10 aromatic rings. The van der Waals surface area contributed by atoms with Gasteiger partial charge in [-0.05, 0) is 55.9 Å². The van der Waals surface area contributed by atoms with Crippen LogP contribution in [-0.4, -0.2) is 6.88 Å². The Morgan fingerprint density at radius 2 is 0.750 bits per heavy atom. The molecule has 0 N–H and O–H groups in total. The van der Waals surface area contributed by atoms with E-state index in [2.05, 4.69) is 191 Å². The van der Waals surface area contributed by atoms with E-state index in [1.165, 1.54) is 121 Å². The van der Waals surface area contributed by atoms with Crippen LogP contribution in [0.3, 0.4) is 0 Å². The van der Waals surface area contributed by atoms with Crippen LogP contribution in [0.4, 0.5) is 0 Å². The van der Waals surface area contributed by atoms with E-state index in [9.17, 15) is 0 Å². The number of fused-ring (bicyclic) bond motifs is 8. The van der Waals surface area contributed by atoms with Crippen molar-refractivity contribution in [2.45, 2.75) is 26.7 Å². The molecular weight excluding hydrogens is 815 g/mol. The first-order chi connectivity index (χ1) is 25.7. The molecule has 0 aliphatic carbocycles. The minimum absolute atomic E-state index is 0. The summed E-state index contributed by atoms with van der Waals surface area (Å²) in [5.41, 5.74) is 8.12. The van der Waals surface area contributed by atoms with Crippen LogP contribution in [-0.2, 0) is 36.2 Å². The molecule has 0 aliphatic heterocycles. The Balaban J connectivity index is 0.000000223. The Hall–Kier alpha value is -4.30. The summed E-state index contributed by atoms with van der Waals surface area (Å²) >= 11 is 1.36. The van der Waals surface area contributed by atoms with E-state index in [0.717, 1.165) is 12.8 Å². The topological polar surface area (TPSA) is 0 Å². The molecule has 0 saturated carbocycles. The second-order valence-electron chi connectivity index (χ2n) is 13.5. The number of benzene rings is 8. The molecule has 0 saturated heterocycles. The number of halogens is 2. The fraction of sp³-hybridized carbons (Fsp3) is 0.0769. The van der Waals surface area contributed by atoms with Crippen LogP contribution in [0.2, 0.25) is 0 Å². The van der Waals surface area contributed by atoms with Crippen molar-refractivity contribution in [3.05, 3.63) is 196 Å². The van der Waals surface area contributed by atoms with E-state index < -0.39 is 0 Å². The van der Waals surface area contributed by atoms with Crippen LogP contribution in [0.15, 0.2) is 170 Å². The average molecular weight is 861 g/mol. The van der Waals surface area contributed by atoms with Gasteiger partial charge in [0.1, 0.15) is 0 Å². The van der Waals surface area contributed by atoms with Crippen LogP contribution in [0.1, 0.15) is 25.0 Å². The first-order valence-corrected chi connectivity index (χ1v) is 22.3. The van der Waals surface area contributed by atoms with Gasteiger partial charge in [-0.2, -0.15) is 0 Å². The standard InChI is InChI=1S/2C25H19.2CH3.2ClH.Si.Zr/c2*1-2-17-13-21-12-11-18-7-5-6-10-23(18)25(21)24(14-17)22-15-19-8-3-4-9-20(19)16-22;;;;;;/h2*3-16H,2H2,1H3;2*1H3;2*1H;;/q4*-1;;;;. The summed E-state index contributed by atoms with van der Waals surface area (Å²) in [6.45, 7) is 7.52. The first-order valence-electron chi connectivity index (χ1n) is 18.1. The van der Waals surface area contributed by atoms with Gasteiger partial charge in [0.15, 0.2) is 0 Å². The summed E-state index contributed by atoms with van der Waals surface area (Å²) in [5, 5.41) is 15.9. The molecule has 10 aromatic carbocycles. The minimum atomic E-state index is 0. The zero-order chi connectivity index (χ0) is 35.6. The molecule has 4 heteroatoms. The van der Waals surface area contributed by atoms with Gasteiger partial charge >= 0.3 is 30.2 Å². The maximum absolute atomic E-state index is 3.06. The maximum atomic E-state index is 3.06. The molecule has 0 bridgehead atoms. The number of hydrogen-bond acceptors (Lipinski definition) is 0. The van der Waals surface area contributed by atoms with Gasteiger partial charge in [0.25, 0.3) is 0 Å². The normalized spacial score (nSPS) is 10.4. The van der Waals surface area contributed by atoms with Gasteiger partial charge in [-0.3, -0.25) is 0 Å². The summed E-state index contributed by atoms with van der Waals surface area (Å²) in [4.78, 5) is 0. The SMILES string of the molecule is CCc1cc(-c2cc3ccccc3[cH-]2)c2c(ccc3ccccc32)c1.CCc1cc(-c2cc3ccccc3[cH-]2)c2c(ccc3ccccc32)c1.Cl.Cl.[CH3-].[CH3-].[Si]=[Zr]. The summed E-state index contributed by atoms with van der Waals surface area (Å²) in [6, 6.07) is 62.4. The molecule has 0 unspecified atom stereocenters. The van der Waals surface area contributed by atoms with Crippen LogP contribution in [0, 0.1) is 14.9 Å². The Labute approximate surface area is 361 Å². The predicted molar refractivity (Wildman–Crippen MR) is 252 cm³/mol. The molecule has 0 aromatic heterocycles. The fourth-order valence-electron chi connectivity index (χ4n) is 7.89. The van der Waals surface area contributed by atoms with Crippen molar-refractivity contribution < 1.29 is 23.3 Å². The molecule has 0 spiro atoms. The van der Waals surface area contributed by atoms with Gasteiger partial charge in [0.05, 0.1) is 0 Å². The van der Waals surface area contributed by atoms with E-state index >= 15 is 0 Å². The van der Waals surface area contributed by atoms with Crippen molar-refractivity contribution in [1.29, 1.82) is 0 Å². The summed E-state index contributed by atoms with van der Waals surface area (Å²) in [5.74, 6) is 0. The fourth-order valence-corrected chi connectivity index (χ4v) is 7.89. The van der Waals surface area contributed by atoms with Crippen molar-refractivity contribution in [2.24, 2.45) is 0 Å².